The lowest BCUT2D eigenvalue weighted by Crippen LogP contribution is -2.48. The molecule has 3 heterocycles. The number of benzene rings is 1. The normalized spacial score (nSPS) is 20.0. The molecule has 2 aromatic heterocycles. The van der Waals surface area contributed by atoms with Crippen molar-refractivity contribution in [3.63, 3.8) is 0 Å². The summed E-state index contributed by atoms with van der Waals surface area (Å²) in [6, 6.07) is 9.85. The maximum Gasteiger partial charge on any atom is 0.224 e. The number of aromatic nitrogens is 3. The summed E-state index contributed by atoms with van der Waals surface area (Å²) in [6.07, 6.45) is 6.57. The summed E-state index contributed by atoms with van der Waals surface area (Å²) in [5, 5.41) is 4.20. The van der Waals surface area contributed by atoms with Gasteiger partial charge in [0.2, 0.25) is 5.91 Å². The first kappa shape index (κ1) is 18.0. The monoisotopic (exact) mass is 391 g/mol. The molecule has 150 valence electrons. The van der Waals surface area contributed by atoms with E-state index in [-0.39, 0.29) is 17.2 Å². The fraction of sp³-hybridized carbons (Fsp3) is 0.409. The Labute approximate surface area is 169 Å². The molecule has 1 amide bonds. The molecule has 7 nitrogen and oxygen atoms in total. The number of fused-ring (bicyclic) bond motifs is 1. The van der Waals surface area contributed by atoms with E-state index >= 15 is 0 Å². The molecule has 1 aromatic carbocycles. The predicted octanol–water partition coefficient (Wildman–Crippen LogP) is 2.89. The number of ether oxygens (including phenoxy) is 1. The summed E-state index contributed by atoms with van der Waals surface area (Å²) < 4.78 is 5.19. The van der Waals surface area contributed by atoms with Crippen molar-refractivity contribution in [2.24, 2.45) is 11.3 Å². The highest BCUT2D eigenvalue weighted by molar-refractivity contribution is 5.87. The minimum absolute atomic E-state index is 0.0700. The van der Waals surface area contributed by atoms with Gasteiger partial charge in [-0.2, -0.15) is 0 Å². The van der Waals surface area contributed by atoms with Gasteiger partial charge in [-0.15, -0.1) is 0 Å². The van der Waals surface area contributed by atoms with Gasteiger partial charge < -0.3 is 19.9 Å². The Morgan fingerprint density at radius 2 is 2.10 bits per heavy atom. The zero-order valence-electron chi connectivity index (χ0n) is 16.5. The van der Waals surface area contributed by atoms with Crippen molar-refractivity contribution in [3.8, 4) is 5.75 Å². The van der Waals surface area contributed by atoms with Crippen LogP contribution in [-0.4, -0.2) is 41.1 Å². The fourth-order valence-electron chi connectivity index (χ4n) is 4.58. The average molecular weight is 391 g/mol. The molecule has 2 aliphatic rings. The van der Waals surface area contributed by atoms with E-state index in [0.717, 1.165) is 60.5 Å². The van der Waals surface area contributed by atoms with E-state index in [1.165, 1.54) is 0 Å². The molecule has 1 unspecified atom stereocenters. The van der Waals surface area contributed by atoms with E-state index in [1.54, 1.807) is 13.4 Å². The molecular weight excluding hydrogens is 366 g/mol. The standard InChI is InChI=1S/C22H25N5O2/c1-29-16-4-2-15(3-5-16)12-24-21(28)18-7-11-27(13-22(18)8-9-22)20-17-6-10-23-19(17)25-14-26-20/h2-6,10,14,18H,7-9,11-13H2,1H3,(H,24,28)(H,23,25,26). The summed E-state index contributed by atoms with van der Waals surface area (Å²) >= 11 is 0. The van der Waals surface area contributed by atoms with Gasteiger partial charge in [0.25, 0.3) is 0 Å². The highest BCUT2D eigenvalue weighted by Gasteiger charge is 2.55. The second kappa shape index (κ2) is 7.06. The Balaban J connectivity index is 1.26. The van der Waals surface area contributed by atoms with Gasteiger partial charge in [-0.05, 0) is 48.4 Å². The molecule has 5 rings (SSSR count). The molecule has 1 saturated heterocycles. The minimum atomic E-state index is 0.0700. The Morgan fingerprint density at radius 1 is 1.28 bits per heavy atom. The smallest absolute Gasteiger partial charge is 0.224 e. The number of aromatic amines is 1. The van der Waals surface area contributed by atoms with Crippen molar-refractivity contribution < 1.29 is 9.53 Å². The third-order valence-corrected chi connectivity index (χ3v) is 6.40. The second-order valence-electron chi connectivity index (χ2n) is 8.13. The SMILES string of the molecule is COc1ccc(CNC(=O)C2CCN(c3ncnc4[nH]ccc34)CC23CC3)cc1. The van der Waals surface area contributed by atoms with Crippen molar-refractivity contribution in [2.75, 3.05) is 25.1 Å². The quantitative estimate of drug-likeness (QED) is 0.699. The highest BCUT2D eigenvalue weighted by Crippen LogP contribution is 2.56. The summed E-state index contributed by atoms with van der Waals surface area (Å²) in [7, 11) is 1.65. The maximum atomic E-state index is 13.0. The van der Waals surface area contributed by atoms with Crippen LogP contribution in [0.15, 0.2) is 42.9 Å². The van der Waals surface area contributed by atoms with Crippen LogP contribution in [0.25, 0.3) is 11.0 Å². The van der Waals surface area contributed by atoms with Gasteiger partial charge >= 0.3 is 0 Å². The fourth-order valence-corrected chi connectivity index (χ4v) is 4.58. The Kier molecular flexibility index (Phi) is 4.38. The van der Waals surface area contributed by atoms with Crippen LogP contribution in [0.2, 0.25) is 0 Å². The topological polar surface area (TPSA) is 83.1 Å². The molecule has 7 heteroatoms. The van der Waals surface area contributed by atoms with Crippen molar-refractivity contribution in [3.05, 3.63) is 48.4 Å². The lowest BCUT2D eigenvalue weighted by Gasteiger charge is -2.39. The van der Waals surface area contributed by atoms with E-state index in [0.29, 0.717) is 6.54 Å². The minimum Gasteiger partial charge on any atom is -0.497 e. The number of nitrogens with zero attached hydrogens (tertiary/aromatic N) is 3. The summed E-state index contributed by atoms with van der Waals surface area (Å²) in [4.78, 5) is 27.3. The van der Waals surface area contributed by atoms with E-state index in [2.05, 4.69) is 25.2 Å². The Morgan fingerprint density at radius 3 is 2.86 bits per heavy atom. The molecule has 3 aromatic rings. The lowest BCUT2D eigenvalue weighted by molar-refractivity contribution is -0.128. The molecule has 0 bridgehead atoms. The zero-order valence-corrected chi connectivity index (χ0v) is 16.5. The molecule has 2 fully saturated rings. The van der Waals surface area contributed by atoms with Crippen LogP contribution in [-0.2, 0) is 11.3 Å². The molecule has 2 N–H and O–H groups in total. The highest BCUT2D eigenvalue weighted by atomic mass is 16.5. The van der Waals surface area contributed by atoms with Crippen molar-refractivity contribution in [1.29, 1.82) is 0 Å². The molecule has 29 heavy (non-hydrogen) atoms. The molecule has 1 aliphatic carbocycles. The number of amides is 1. The van der Waals surface area contributed by atoms with Gasteiger partial charge in [0.1, 0.15) is 23.5 Å². The number of carbonyl (C=O) groups is 1. The number of H-pyrrole nitrogens is 1. The molecule has 1 aliphatic heterocycles. The van der Waals surface area contributed by atoms with Crippen LogP contribution in [0.1, 0.15) is 24.8 Å². The van der Waals surface area contributed by atoms with Gasteiger partial charge in [0.05, 0.1) is 12.5 Å². The number of hydrogen-bond donors (Lipinski definition) is 2. The van der Waals surface area contributed by atoms with Crippen LogP contribution in [0.5, 0.6) is 5.75 Å². The number of methoxy groups -OCH3 is 1. The number of piperidine rings is 1. The average Bonchev–Trinajstić information content (AvgIpc) is 3.34. The summed E-state index contributed by atoms with van der Waals surface area (Å²) in [5.41, 5.74) is 2.02. The summed E-state index contributed by atoms with van der Waals surface area (Å²) in [6.45, 7) is 2.26. The lowest BCUT2D eigenvalue weighted by atomic mass is 9.81. The predicted molar refractivity (Wildman–Crippen MR) is 111 cm³/mol. The largest absolute Gasteiger partial charge is 0.497 e. The molecule has 0 radical (unpaired) electrons. The van der Waals surface area contributed by atoms with Crippen LogP contribution in [0.4, 0.5) is 5.82 Å². The maximum absolute atomic E-state index is 13.0. The first-order valence-electron chi connectivity index (χ1n) is 10.1. The second-order valence-corrected chi connectivity index (χ2v) is 8.13. The van der Waals surface area contributed by atoms with Crippen LogP contribution in [0.3, 0.4) is 0 Å². The molecule has 1 saturated carbocycles. The first-order valence-corrected chi connectivity index (χ1v) is 10.1. The zero-order chi connectivity index (χ0) is 19.8. The Hall–Kier alpha value is -3.09. The molecule has 1 atom stereocenters. The number of hydrogen-bond acceptors (Lipinski definition) is 5. The number of nitrogens with one attached hydrogen (secondary N) is 2. The van der Waals surface area contributed by atoms with Gasteiger partial charge in [-0.25, -0.2) is 9.97 Å². The van der Waals surface area contributed by atoms with Crippen molar-refractivity contribution >= 4 is 22.8 Å². The molecular formula is C22H25N5O2. The van der Waals surface area contributed by atoms with Crippen LogP contribution < -0.4 is 15.0 Å². The van der Waals surface area contributed by atoms with Gasteiger partial charge in [0.15, 0.2) is 0 Å². The van der Waals surface area contributed by atoms with Crippen LogP contribution >= 0.6 is 0 Å². The van der Waals surface area contributed by atoms with E-state index in [1.807, 2.05) is 36.5 Å². The number of carbonyl (C=O) groups excluding carboxylic acids is 1. The van der Waals surface area contributed by atoms with Gasteiger partial charge in [-0.1, -0.05) is 12.1 Å². The van der Waals surface area contributed by atoms with Crippen molar-refractivity contribution in [2.45, 2.75) is 25.8 Å². The van der Waals surface area contributed by atoms with E-state index in [4.69, 9.17) is 4.74 Å². The third kappa shape index (κ3) is 3.30. The first-order chi connectivity index (χ1) is 14.2. The number of rotatable bonds is 5. The number of anilines is 1. The van der Waals surface area contributed by atoms with Gasteiger partial charge in [0, 0.05) is 31.7 Å². The van der Waals surface area contributed by atoms with E-state index in [9.17, 15) is 4.79 Å². The Bertz CT molecular complexity index is 1030. The van der Waals surface area contributed by atoms with Crippen LogP contribution in [0, 0.1) is 11.3 Å². The van der Waals surface area contributed by atoms with Crippen molar-refractivity contribution in [1.82, 2.24) is 20.3 Å². The van der Waals surface area contributed by atoms with E-state index < -0.39 is 0 Å². The molecule has 1 spiro atoms. The third-order valence-electron chi connectivity index (χ3n) is 6.40. The van der Waals surface area contributed by atoms with Gasteiger partial charge in [-0.3, -0.25) is 4.79 Å². The summed E-state index contributed by atoms with van der Waals surface area (Å²) in [5.74, 6) is 2.04.